The fourth-order valence-electron chi connectivity index (χ4n) is 4.50. The summed E-state index contributed by atoms with van der Waals surface area (Å²) in [4.78, 5) is 34.0. The summed E-state index contributed by atoms with van der Waals surface area (Å²) in [6, 6.07) is 7.45. The number of nitrogens with zero attached hydrogens (tertiary/aromatic N) is 3. The number of benzene rings is 1. The molecule has 0 radical (unpaired) electrons. The number of hydrogen-bond acceptors (Lipinski definition) is 9. The monoisotopic (exact) mass is 500 g/mol. The number of aromatic nitrogens is 2. The van der Waals surface area contributed by atoms with Crippen LogP contribution in [0.2, 0.25) is 0 Å². The molecule has 0 spiro atoms. The second-order valence-electron chi connectivity index (χ2n) is 8.47. The number of amides is 1. The number of aliphatic hydroxyl groups is 1. The maximum Gasteiger partial charge on any atom is 0.506 e. The zero-order valence-electron chi connectivity index (χ0n) is 19.3. The van der Waals surface area contributed by atoms with Gasteiger partial charge in [-0.3, -0.25) is 14.7 Å². The fourth-order valence-corrected chi connectivity index (χ4v) is 5.04. The molecule has 1 aliphatic rings. The third-order valence-corrected chi connectivity index (χ3v) is 6.91. The Morgan fingerprint density at radius 3 is 2.94 bits per heavy atom. The maximum atomic E-state index is 12.3. The molecular formula is C24H28N4O6S. The highest BCUT2D eigenvalue weighted by Gasteiger charge is 2.33. The van der Waals surface area contributed by atoms with Crippen LogP contribution >= 0.6 is 11.3 Å². The van der Waals surface area contributed by atoms with Crippen LogP contribution in [-0.4, -0.2) is 70.0 Å². The first-order valence-electron chi connectivity index (χ1n) is 11.3. The van der Waals surface area contributed by atoms with Crippen LogP contribution in [0.4, 0.5) is 9.93 Å². The molecule has 186 valence electrons. The van der Waals surface area contributed by atoms with E-state index in [0.717, 1.165) is 16.5 Å². The van der Waals surface area contributed by atoms with Gasteiger partial charge in [-0.05, 0) is 49.4 Å². The maximum absolute atomic E-state index is 12.3. The number of fused-ring (bicyclic) bond motifs is 1. The lowest BCUT2D eigenvalue weighted by Gasteiger charge is -2.37. The number of pyridine rings is 1. The Hall–Kier alpha value is -3.28. The molecule has 3 aromatic rings. The molecule has 1 amide bonds. The number of thiazole rings is 1. The van der Waals surface area contributed by atoms with Gasteiger partial charge in [0.1, 0.15) is 11.9 Å². The SMILES string of the molecule is COc1cnc2cccc(C(O)CC[C@@H]3CCN(CC(=O)Nc4nccs4)C[C@@H]3OC(=O)O)c2c1. The number of methoxy groups -OCH3 is 1. The van der Waals surface area contributed by atoms with Crippen molar-refractivity contribution in [3.05, 3.63) is 47.6 Å². The molecule has 1 aromatic carbocycles. The number of nitrogens with one attached hydrogen (secondary N) is 1. The van der Waals surface area contributed by atoms with E-state index in [0.29, 0.717) is 43.2 Å². The van der Waals surface area contributed by atoms with Gasteiger partial charge in [-0.15, -0.1) is 11.3 Å². The third kappa shape index (κ3) is 6.44. The summed E-state index contributed by atoms with van der Waals surface area (Å²) in [6.07, 6.45) is 2.23. The van der Waals surface area contributed by atoms with Crippen LogP contribution in [0, 0.1) is 5.92 Å². The van der Waals surface area contributed by atoms with Gasteiger partial charge < -0.3 is 25.0 Å². The molecule has 10 nitrogen and oxygen atoms in total. The van der Waals surface area contributed by atoms with Crippen molar-refractivity contribution in [2.75, 3.05) is 32.1 Å². The van der Waals surface area contributed by atoms with Crippen molar-refractivity contribution in [3.63, 3.8) is 0 Å². The van der Waals surface area contributed by atoms with Crippen molar-refractivity contribution in [3.8, 4) is 5.75 Å². The quantitative estimate of drug-likeness (QED) is 0.377. The minimum atomic E-state index is -1.35. The molecule has 0 saturated carbocycles. The number of hydrogen-bond donors (Lipinski definition) is 3. The predicted molar refractivity (Wildman–Crippen MR) is 131 cm³/mol. The molecule has 11 heteroatoms. The summed E-state index contributed by atoms with van der Waals surface area (Å²) in [5, 5.41) is 26.1. The first kappa shape index (κ1) is 24.8. The van der Waals surface area contributed by atoms with E-state index in [9.17, 15) is 19.8 Å². The molecule has 3 N–H and O–H groups in total. The topological polar surface area (TPSA) is 134 Å². The van der Waals surface area contributed by atoms with E-state index >= 15 is 0 Å². The molecule has 0 aliphatic carbocycles. The van der Waals surface area contributed by atoms with E-state index in [1.807, 2.05) is 29.2 Å². The van der Waals surface area contributed by atoms with E-state index < -0.39 is 18.4 Å². The molecule has 1 saturated heterocycles. The van der Waals surface area contributed by atoms with Crippen molar-refractivity contribution >= 4 is 39.4 Å². The van der Waals surface area contributed by atoms with Crippen molar-refractivity contribution in [1.82, 2.24) is 14.9 Å². The number of carbonyl (C=O) groups excluding carboxylic acids is 1. The average molecular weight is 501 g/mol. The fraction of sp³-hybridized carbons (Fsp3) is 0.417. The predicted octanol–water partition coefficient (Wildman–Crippen LogP) is 3.54. The van der Waals surface area contributed by atoms with Crippen molar-refractivity contribution in [2.24, 2.45) is 5.92 Å². The molecule has 1 unspecified atom stereocenters. The Morgan fingerprint density at radius 2 is 2.20 bits per heavy atom. The Morgan fingerprint density at radius 1 is 1.34 bits per heavy atom. The lowest BCUT2D eigenvalue weighted by molar-refractivity contribution is -0.118. The van der Waals surface area contributed by atoms with Gasteiger partial charge in [0.2, 0.25) is 5.91 Å². The summed E-state index contributed by atoms with van der Waals surface area (Å²) in [5.74, 6) is 0.336. The van der Waals surface area contributed by atoms with Gasteiger partial charge in [0.05, 0.1) is 31.5 Å². The van der Waals surface area contributed by atoms with Crippen LogP contribution in [-0.2, 0) is 9.53 Å². The summed E-state index contributed by atoms with van der Waals surface area (Å²) in [7, 11) is 1.57. The van der Waals surface area contributed by atoms with Crippen LogP contribution in [0.5, 0.6) is 5.75 Å². The number of carboxylic acid groups (broad SMARTS) is 1. The molecule has 3 heterocycles. The van der Waals surface area contributed by atoms with Crippen LogP contribution in [0.25, 0.3) is 10.9 Å². The highest BCUT2D eigenvalue weighted by atomic mass is 32.1. The number of rotatable bonds is 9. The minimum Gasteiger partial charge on any atom is -0.495 e. The van der Waals surface area contributed by atoms with Gasteiger partial charge in [0.25, 0.3) is 0 Å². The van der Waals surface area contributed by atoms with Crippen molar-refractivity contribution in [2.45, 2.75) is 31.5 Å². The first-order valence-corrected chi connectivity index (χ1v) is 12.2. The lowest BCUT2D eigenvalue weighted by Crippen LogP contribution is -2.48. The summed E-state index contributed by atoms with van der Waals surface area (Å²) in [5.41, 5.74) is 1.51. The average Bonchev–Trinajstić information content (AvgIpc) is 3.35. The van der Waals surface area contributed by atoms with Gasteiger partial charge in [-0.25, -0.2) is 9.78 Å². The summed E-state index contributed by atoms with van der Waals surface area (Å²) < 4.78 is 10.5. The summed E-state index contributed by atoms with van der Waals surface area (Å²) >= 11 is 1.33. The number of carbonyl (C=O) groups is 2. The van der Waals surface area contributed by atoms with E-state index in [1.165, 1.54) is 11.3 Å². The molecular weight excluding hydrogens is 472 g/mol. The molecule has 2 aromatic heterocycles. The van der Waals surface area contributed by atoms with Crippen LogP contribution in [0.3, 0.4) is 0 Å². The molecule has 1 fully saturated rings. The summed E-state index contributed by atoms with van der Waals surface area (Å²) in [6.45, 7) is 1.06. The zero-order valence-corrected chi connectivity index (χ0v) is 20.1. The standard InChI is InChI=1S/C24H28N4O6S/c1-33-16-11-18-17(3-2-4-19(18)26-12-16)20(29)6-5-15-7-9-28(13-21(15)34-24(31)32)14-22(30)27-23-25-8-10-35-23/h2-4,8,10-12,15,20-21,29H,5-7,9,13-14H2,1H3,(H,31,32)(H,25,27,30)/t15-,20?,21+/m1/s1. The highest BCUT2D eigenvalue weighted by Crippen LogP contribution is 2.32. The smallest absolute Gasteiger partial charge is 0.495 e. The number of likely N-dealkylation sites (tertiary alicyclic amines) is 1. The largest absolute Gasteiger partial charge is 0.506 e. The Balaban J connectivity index is 1.38. The number of piperidine rings is 1. The highest BCUT2D eigenvalue weighted by molar-refractivity contribution is 7.13. The Kier molecular flexibility index (Phi) is 8.11. The zero-order chi connectivity index (χ0) is 24.8. The Bertz CT molecular complexity index is 1160. The van der Waals surface area contributed by atoms with Crippen molar-refractivity contribution in [1.29, 1.82) is 0 Å². The molecule has 4 rings (SSSR count). The second-order valence-corrected chi connectivity index (χ2v) is 9.37. The van der Waals surface area contributed by atoms with Gasteiger partial charge in [0.15, 0.2) is 5.13 Å². The van der Waals surface area contributed by atoms with E-state index in [-0.39, 0.29) is 18.4 Å². The molecule has 0 bridgehead atoms. The minimum absolute atomic E-state index is 0.0679. The second kappa shape index (κ2) is 11.4. The van der Waals surface area contributed by atoms with Gasteiger partial charge >= 0.3 is 6.16 Å². The normalized spacial score (nSPS) is 19.3. The molecule has 35 heavy (non-hydrogen) atoms. The van der Waals surface area contributed by atoms with E-state index in [4.69, 9.17) is 9.47 Å². The lowest BCUT2D eigenvalue weighted by atomic mass is 9.87. The van der Waals surface area contributed by atoms with Crippen molar-refractivity contribution < 1.29 is 29.3 Å². The molecule has 1 aliphatic heterocycles. The first-order chi connectivity index (χ1) is 16.9. The number of ether oxygens (including phenoxy) is 2. The van der Waals surface area contributed by atoms with E-state index in [2.05, 4.69) is 15.3 Å². The number of anilines is 1. The molecule has 3 atom stereocenters. The van der Waals surface area contributed by atoms with Crippen LogP contribution in [0.15, 0.2) is 42.0 Å². The van der Waals surface area contributed by atoms with Gasteiger partial charge in [0, 0.05) is 23.5 Å². The third-order valence-electron chi connectivity index (χ3n) is 6.22. The Labute approximate surface area is 206 Å². The van der Waals surface area contributed by atoms with Crippen LogP contribution in [0.1, 0.15) is 30.9 Å². The van der Waals surface area contributed by atoms with E-state index in [1.54, 1.807) is 24.9 Å². The number of aliphatic hydroxyl groups excluding tert-OH is 1. The van der Waals surface area contributed by atoms with Gasteiger partial charge in [-0.2, -0.15) is 0 Å². The van der Waals surface area contributed by atoms with Crippen LogP contribution < -0.4 is 10.1 Å². The van der Waals surface area contributed by atoms with Gasteiger partial charge in [-0.1, -0.05) is 12.1 Å².